The third-order valence-electron chi connectivity index (χ3n) is 2.64. The summed E-state index contributed by atoms with van der Waals surface area (Å²) in [4.78, 5) is 11.9. The molecule has 0 unspecified atom stereocenters. The molecule has 98 valence electrons. The maximum Gasteiger partial charge on any atom is 0.277 e. The smallest absolute Gasteiger partial charge is 0.258 e. The highest BCUT2D eigenvalue weighted by molar-refractivity contribution is 8.00. The van der Waals surface area contributed by atoms with Gasteiger partial charge in [-0.05, 0) is 12.1 Å². The summed E-state index contributed by atoms with van der Waals surface area (Å²) in [5.41, 5.74) is 1.75. The van der Waals surface area contributed by atoms with Crippen molar-refractivity contribution < 1.29 is 4.92 Å². The number of benzene rings is 2. The van der Waals surface area contributed by atoms with Gasteiger partial charge in [0.2, 0.25) is 0 Å². The third kappa shape index (κ3) is 3.15. The molecule has 0 aliphatic rings. The van der Waals surface area contributed by atoms with Gasteiger partial charge in [-0.1, -0.05) is 44.2 Å². The standard InChI is InChI=1S/C15H15NO2S/c1-11(2)19-15-10-6-4-8-13(15)12-7-3-5-9-14(12)16(17)18/h3-11H,1-2H3. The number of hydrogen-bond donors (Lipinski definition) is 0. The maximum atomic E-state index is 11.1. The molecule has 0 saturated heterocycles. The minimum atomic E-state index is -0.327. The molecule has 2 aromatic carbocycles. The fourth-order valence-corrected chi connectivity index (χ4v) is 2.88. The fraction of sp³-hybridized carbons (Fsp3) is 0.200. The number of thioether (sulfide) groups is 1. The van der Waals surface area contributed by atoms with Crippen molar-refractivity contribution in [3.8, 4) is 11.1 Å². The van der Waals surface area contributed by atoms with Crippen LogP contribution >= 0.6 is 11.8 Å². The van der Waals surface area contributed by atoms with Crippen LogP contribution in [-0.4, -0.2) is 10.2 Å². The zero-order valence-electron chi connectivity index (χ0n) is 10.9. The molecule has 4 heteroatoms. The van der Waals surface area contributed by atoms with Gasteiger partial charge >= 0.3 is 0 Å². The van der Waals surface area contributed by atoms with Crippen LogP contribution in [0.2, 0.25) is 0 Å². The summed E-state index contributed by atoms with van der Waals surface area (Å²) in [6, 6.07) is 14.7. The lowest BCUT2D eigenvalue weighted by molar-refractivity contribution is -0.384. The summed E-state index contributed by atoms with van der Waals surface area (Å²) in [5.74, 6) is 0. The Morgan fingerprint density at radius 2 is 1.58 bits per heavy atom. The van der Waals surface area contributed by atoms with Crippen LogP contribution in [-0.2, 0) is 0 Å². The van der Waals surface area contributed by atoms with Crippen LogP contribution in [0.25, 0.3) is 11.1 Å². The minimum absolute atomic E-state index is 0.152. The Kier molecular flexibility index (Phi) is 4.22. The van der Waals surface area contributed by atoms with E-state index in [4.69, 9.17) is 0 Å². The molecule has 3 nitrogen and oxygen atoms in total. The Balaban J connectivity index is 2.56. The first-order valence-corrected chi connectivity index (χ1v) is 6.97. The van der Waals surface area contributed by atoms with Gasteiger partial charge in [-0.2, -0.15) is 0 Å². The molecule has 0 aliphatic heterocycles. The highest BCUT2D eigenvalue weighted by atomic mass is 32.2. The van der Waals surface area contributed by atoms with Crippen molar-refractivity contribution in [3.63, 3.8) is 0 Å². The van der Waals surface area contributed by atoms with Crippen LogP contribution in [0.3, 0.4) is 0 Å². The zero-order chi connectivity index (χ0) is 13.8. The number of nitro benzene ring substituents is 1. The molecular weight excluding hydrogens is 258 g/mol. The van der Waals surface area contributed by atoms with Crippen molar-refractivity contribution in [3.05, 3.63) is 58.6 Å². The molecule has 0 fully saturated rings. The molecule has 0 N–H and O–H groups in total. The largest absolute Gasteiger partial charge is 0.277 e. The van der Waals surface area contributed by atoms with Crippen LogP contribution in [0.1, 0.15) is 13.8 Å². The van der Waals surface area contributed by atoms with Gasteiger partial charge in [0.15, 0.2) is 0 Å². The fourth-order valence-electron chi connectivity index (χ4n) is 1.91. The Labute approximate surface area is 116 Å². The molecule has 0 saturated carbocycles. The van der Waals surface area contributed by atoms with E-state index in [0.29, 0.717) is 10.8 Å². The molecule has 0 aromatic heterocycles. The van der Waals surface area contributed by atoms with Crippen LogP contribution in [0, 0.1) is 10.1 Å². The highest BCUT2D eigenvalue weighted by Gasteiger charge is 2.17. The lowest BCUT2D eigenvalue weighted by Crippen LogP contribution is -1.94. The monoisotopic (exact) mass is 273 g/mol. The van der Waals surface area contributed by atoms with Crippen molar-refractivity contribution in [1.82, 2.24) is 0 Å². The van der Waals surface area contributed by atoms with Gasteiger partial charge in [0.25, 0.3) is 5.69 Å². The second kappa shape index (κ2) is 5.89. The van der Waals surface area contributed by atoms with Gasteiger partial charge in [-0.15, -0.1) is 11.8 Å². The van der Waals surface area contributed by atoms with Crippen molar-refractivity contribution in [1.29, 1.82) is 0 Å². The van der Waals surface area contributed by atoms with Gasteiger partial charge < -0.3 is 0 Å². The van der Waals surface area contributed by atoms with Gasteiger partial charge in [0.1, 0.15) is 0 Å². The number of rotatable bonds is 4. The average Bonchev–Trinajstić information content (AvgIpc) is 2.38. The summed E-state index contributed by atoms with van der Waals surface area (Å²) in [5, 5.41) is 11.6. The first-order valence-electron chi connectivity index (χ1n) is 6.09. The first-order chi connectivity index (χ1) is 9.09. The Bertz CT molecular complexity index is 596. The van der Waals surface area contributed by atoms with E-state index in [1.165, 1.54) is 0 Å². The lowest BCUT2D eigenvalue weighted by atomic mass is 10.0. The highest BCUT2D eigenvalue weighted by Crippen LogP contribution is 2.37. The summed E-state index contributed by atoms with van der Waals surface area (Å²) in [6.45, 7) is 4.22. The molecule has 0 amide bonds. The third-order valence-corrected chi connectivity index (χ3v) is 3.72. The molecule has 0 atom stereocenters. The molecule has 0 radical (unpaired) electrons. The quantitative estimate of drug-likeness (QED) is 0.458. The van der Waals surface area contributed by atoms with Crippen LogP contribution < -0.4 is 0 Å². The molecule has 0 spiro atoms. The normalized spacial score (nSPS) is 10.7. The summed E-state index contributed by atoms with van der Waals surface area (Å²) in [7, 11) is 0. The van der Waals surface area contributed by atoms with Crippen molar-refractivity contribution in [2.45, 2.75) is 24.0 Å². The number of hydrogen-bond acceptors (Lipinski definition) is 3. The van der Waals surface area contributed by atoms with Crippen LogP contribution in [0.15, 0.2) is 53.4 Å². The van der Waals surface area contributed by atoms with E-state index in [0.717, 1.165) is 10.5 Å². The molecule has 2 aromatic rings. The minimum Gasteiger partial charge on any atom is -0.258 e. The second-order valence-corrected chi connectivity index (χ2v) is 6.06. The Hall–Kier alpha value is -1.81. The molecule has 0 bridgehead atoms. The van der Waals surface area contributed by atoms with E-state index >= 15 is 0 Å². The van der Waals surface area contributed by atoms with E-state index in [9.17, 15) is 10.1 Å². The molecule has 0 aliphatic carbocycles. The van der Waals surface area contributed by atoms with Gasteiger partial charge in [-0.3, -0.25) is 10.1 Å². The lowest BCUT2D eigenvalue weighted by Gasteiger charge is -2.11. The Morgan fingerprint density at radius 3 is 2.21 bits per heavy atom. The first kappa shape index (κ1) is 13.6. The van der Waals surface area contributed by atoms with E-state index < -0.39 is 0 Å². The van der Waals surface area contributed by atoms with E-state index in [1.54, 1.807) is 30.0 Å². The van der Waals surface area contributed by atoms with E-state index in [1.807, 2.05) is 30.3 Å². The second-order valence-electron chi connectivity index (χ2n) is 4.44. The van der Waals surface area contributed by atoms with Gasteiger partial charge in [0.05, 0.1) is 10.5 Å². The summed E-state index contributed by atoms with van der Waals surface area (Å²) < 4.78 is 0. The topological polar surface area (TPSA) is 43.1 Å². The predicted octanol–water partition coefficient (Wildman–Crippen LogP) is 4.76. The van der Waals surface area contributed by atoms with Crippen molar-refractivity contribution >= 4 is 17.4 Å². The molecule has 2 rings (SSSR count). The molecule has 0 heterocycles. The van der Waals surface area contributed by atoms with Crippen LogP contribution in [0.4, 0.5) is 5.69 Å². The maximum absolute atomic E-state index is 11.1. The average molecular weight is 273 g/mol. The summed E-state index contributed by atoms with van der Waals surface area (Å²) >= 11 is 1.72. The van der Waals surface area contributed by atoms with E-state index in [2.05, 4.69) is 13.8 Å². The number of nitro groups is 1. The predicted molar refractivity (Wildman–Crippen MR) is 79.5 cm³/mol. The van der Waals surface area contributed by atoms with Crippen molar-refractivity contribution in [2.75, 3.05) is 0 Å². The van der Waals surface area contributed by atoms with E-state index in [-0.39, 0.29) is 10.6 Å². The summed E-state index contributed by atoms with van der Waals surface area (Å²) in [6.07, 6.45) is 0. The molecular formula is C15H15NO2S. The zero-order valence-corrected chi connectivity index (χ0v) is 11.7. The van der Waals surface area contributed by atoms with Crippen molar-refractivity contribution in [2.24, 2.45) is 0 Å². The van der Waals surface area contributed by atoms with Gasteiger partial charge in [-0.25, -0.2) is 0 Å². The van der Waals surface area contributed by atoms with Gasteiger partial charge in [0, 0.05) is 21.8 Å². The molecule has 19 heavy (non-hydrogen) atoms. The SMILES string of the molecule is CC(C)Sc1ccccc1-c1ccccc1[N+](=O)[O-]. The number of nitrogens with zero attached hydrogens (tertiary/aromatic N) is 1. The Morgan fingerprint density at radius 1 is 1.00 bits per heavy atom. The number of para-hydroxylation sites is 1. The van der Waals surface area contributed by atoms with Crippen LogP contribution in [0.5, 0.6) is 0 Å².